The van der Waals surface area contributed by atoms with Crippen LogP contribution in [0.4, 0.5) is 0 Å². The molecule has 0 heterocycles. The standard InChI is InChI=1S/C13H19NO2/c1-9-6-7-13(9,14)10-4-5-11(15-2)12(8-10)16-3/h4-5,8-9H,6-7,14H2,1-3H3. The third kappa shape index (κ3) is 1.55. The predicted octanol–water partition coefficient (Wildman–Crippen LogP) is 2.29. The maximum Gasteiger partial charge on any atom is 0.161 e. The number of rotatable bonds is 3. The van der Waals surface area contributed by atoms with Gasteiger partial charge in [-0.2, -0.15) is 0 Å². The summed E-state index contributed by atoms with van der Waals surface area (Å²) in [4.78, 5) is 0. The van der Waals surface area contributed by atoms with Crippen LogP contribution < -0.4 is 15.2 Å². The first kappa shape index (κ1) is 11.3. The van der Waals surface area contributed by atoms with E-state index >= 15 is 0 Å². The largest absolute Gasteiger partial charge is 0.493 e. The highest BCUT2D eigenvalue weighted by Crippen LogP contribution is 2.45. The number of nitrogens with two attached hydrogens (primary N) is 1. The second-order valence-electron chi connectivity index (χ2n) is 4.55. The molecule has 1 fully saturated rings. The summed E-state index contributed by atoms with van der Waals surface area (Å²) in [6.45, 7) is 2.19. The van der Waals surface area contributed by atoms with Gasteiger partial charge in [-0.3, -0.25) is 0 Å². The van der Waals surface area contributed by atoms with Gasteiger partial charge < -0.3 is 15.2 Å². The highest BCUT2D eigenvalue weighted by molar-refractivity contribution is 5.45. The molecule has 0 aromatic heterocycles. The normalized spacial score (nSPS) is 28.4. The Morgan fingerprint density at radius 1 is 1.25 bits per heavy atom. The molecule has 0 aliphatic heterocycles. The minimum Gasteiger partial charge on any atom is -0.493 e. The van der Waals surface area contributed by atoms with Crippen molar-refractivity contribution < 1.29 is 9.47 Å². The zero-order chi connectivity index (χ0) is 11.8. The Balaban J connectivity index is 2.36. The van der Waals surface area contributed by atoms with Gasteiger partial charge in [-0.15, -0.1) is 0 Å². The van der Waals surface area contributed by atoms with Crippen molar-refractivity contribution in [3.8, 4) is 11.5 Å². The van der Waals surface area contributed by atoms with Gasteiger partial charge in [0, 0.05) is 5.54 Å². The number of benzene rings is 1. The van der Waals surface area contributed by atoms with Gasteiger partial charge in [-0.25, -0.2) is 0 Å². The molecule has 1 aliphatic rings. The van der Waals surface area contributed by atoms with Crippen LogP contribution in [0.25, 0.3) is 0 Å². The summed E-state index contributed by atoms with van der Waals surface area (Å²) < 4.78 is 10.5. The molecule has 2 unspecified atom stereocenters. The third-order valence-corrected chi connectivity index (χ3v) is 3.79. The van der Waals surface area contributed by atoms with E-state index in [1.54, 1.807) is 14.2 Å². The molecule has 1 aliphatic carbocycles. The van der Waals surface area contributed by atoms with E-state index in [1.807, 2.05) is 18.2 Å². The molecule has 0 spiro atoms. The first-order valence-electron chi connectivity index (χ1n) is 5.63. The summed E-state index contributed by atoms with van der Waals surface area (Å²) in [5.74, 6) is 2.04. The lowest BCUT2D eigenvalue weighted by molar-refractivity contribution is 0.144. The summed E-state index contributed by atoms with van der Waals surface area (Å²) in [5.41, 5.74) is 7.35. The maximum atomic E-state index is 6.39. The van der Waals surface area contributed by atoms with E-state index in [2.05, 4.69) is 6.92 Å². The first-order valence-corrected chi connectivity index (χ1v) is 5.63. The number of ether oxygens (including phenoxy) is 2. The van der Waals surface area contributed by atoms with Gasteiger partial charge in [0.25, 0.3) is 0 Å². The predicted molar refractivity (Wildman–Crippen MR) is 63.8 cm³/mol. The van der Waals surface area contributed by atoms with Crippen molar-refractivity contribution in [2.24, 2.45) is 11.7 Å². The molecular weight excluding hydrogens is 202 g/mol. The summed E-state index contributed by atoms with van der Waals surface area (Å²) in [7, 11) is 3.29. The van der Waals surface area contributed by atoms with E-state index in [4.69, 9.17) is 15.2 Å². The van der Waals surface area contributed by atoms with Crippen LogP contribution >= 0.6 is 0 Å². The van der Waals surface area contributed by atoms with E-state index in [0.717, 1.165) is 23.5 Å². The van der Waals surface area contributed by atoms with Gasteiger partial charge >= 0.3 is 0 Å². The van der Waals surface area contributed by atoms with Gasteiger partial charge in [0.05, 0.1) is 14.2 Å². The lowest BCUT2D eigenvalue weighted by Gasteiger charge is -2.45. The second-order valence-corrected chi connectivity index (χ2v) is 4.55. The van der Waals surface area contributed by atoms with Crippen molar-refractivity contribution in [3.05, 3.63) is 23.8 Å². The number of hydrogen-bond acceptors (Lipinski definition) is 3. The van der Waals surface area contributed by atoms with Crippen molar-refractivity contribution in [3.63, 3.8) is 0 Å². The lowest BCUT2D eigenvalue weighted by atomic mass is 9.64. The Hall–Kier alpha value is -1.22. The third-order valence-electron chi connectivity index (χ3n) is 3.79. The lowest BCUT2D eigenvalue weighted by Crippen LogP contribution is -2.50. The van der Waals surface area contributed by atoms with Crippen molar-refractivity contribution in [2.45, 2.75) is 25.3 Å². The molecule has 0 amide bonds. The van der Waals surface area contributed by atoms with Gasteiger partial charge in [-0.05, 0) is 36.5 Å². The molecule has 2 rings (SSSR count). The Labute approximate surface area is 96.5 Å². The van der Waals surface area contributed by atoms with Crippen molar-refractivity contribution in [1.82, 2.24) is 0 Å². The summed E-state index contributed by atoms with van der Waals surface area (Å²) in [5, 5.41) is 0. The zero-order valence-corrected chi connectivity index (χ0v) is 10.1. The smallest absolute Gasteiger partial charge is 0.161 e. The summed E-state index contributed by atoms with van der Waals surface area (Å²) in [6, 6.07) is 5.96. The van der Waals surface area contributed by atoms with E-state index in [0.29, 0.717) is 5.92 Å². The molecule has 2 atom stereocenters. The monoisotopic (exact) mass is 221 g/mol. The molecule has 0 bridgehead atoms. The van der Waals surface area contributed by atoms with Crippen LogP contribution in [0, 0.1) is 5.92 Å². The first-order chi connectivity index (χ1) is 7.61. The minimum absolute atomic E-state index is 0.181. The molecule has 3 nitrogen and oxygen atoms in total. The summed E-state index contributed by atoms with van der Waals surface area (Å²) in [6.07, 6.45) is 2.24. The maximum absolute atomic E-state index is 6.39. The van der Waals surface area contributed by atoms with Crippen LogP contribution in [-0.2, 0) is 5.54 Å². The van der Waals surface area contributed by atoms with E-state index in [1.165, 1.54) is 6.42 Å². The number of methoxy groups -OCH3 is 2. The zero-order valence-electron chi connectivity index (χ0n) is 10.1. The second kappa shape index (κ2) is 3.98. The highest BCUT2D eigenvalue weighted by atomic mass is 16.5. The van der Waals surface area contributed by atoms with Crippen LogP contribution in [0.1, 0.15) is 25.3 Å². The molecule has 2 N–H and O–H groups in total. The molecular formula is C13H19NO2. The Morgan fingerprint density at radius 2 is 1.94 bits per heavy atom. The fraction of sp³-hybridized carbons (Fsp3) is 0.538. The summed E-state index contributed by atoms with van der Waals surface area (Å²) >= 11 is 0. The fourth-order valence-corrected chi connectivity index (χ4v) is 2.30. The van der Waals surface area contributed by atoms with Crippen LogP contribution in [0.3, 0.4) is 0 Å². The average Bonchev–Trinajstić information content (AvgIpc) is 2.34. The molecule has 16 heavy (non-hydrogen) atoms. The van der Waals surface area contributed by atoms with Crippen LogP contribution in [0.2, 0.25) is 0 Å². The average molecular weight is 221 g/mol. The van der Waals surface area contributed by atoms with Crippen LogP contribution in [-0.4, -0.2) is 14.2 Å². The molecule has 1 aromatic carbocycles. The van der Waals surface area contributed by atoms with Gasteiger partial charge in [0.15, 0.2) is 11.5 Å². The Kier molecular flexibility index (Phi) is 2.80. The SMILES string of the molecule is COc1ccc(C2(N)CCC2C)cc1OC. The quantitative estimate of drug-likeness (QED) is 0.851. The van der Waals surface area contributed by atoms with E-state index in [-0.39, 0.29) is 5.54 Å². The topological polar surface area (TPSA) is 44.5 Å². The van der Waals surface area contributed by atoms with Crippen molar-refractivity contribution in [2.75, 3.05) is 14.2 Å². The van der Waals surface area contributed by atoms with Crippen LogP contribution in [0.15, 0.2) is 18.2 Å². The van der Waals surface area contributed by atoms with E-state index in [9.17, 15) is 0 Å². The molecule has 88 valence electrons. The molecule has 0 radical (unpaired) electrons. The van der Waals surface area contributed by atoms with E-state index < -0.39 is 0 Å². The van der Waals surface area contributed by atoms with Crippen LogP contribution in [0.5, 0.6) is 11.5 Å². The fourth-order valence-electron chi connectivity index (χ4n) is 2.30. The number of hydrogen-bond donors (Lipinski definition) is 1. The van der Waals surface area contributed by atoms with Gasteiger partial charge in [-0.1, -0.05) is 13.0 Å². The Bertz CT molecular complexity index is 392. The molecule has 0 saturated heterocycles. The molecule has 1 aromatic rings. The Morgan fingerprint density at radius 3 is 2.38 bits per heavy atom. The minimum atomic E-state index is -0.181. The highest BCUT2D eigenvalue weighted by Gasteiger charge is 2.42. The van der Waals surface area contributed by atoms with Crippen molar-refractivity contribution >= 4 is 0 Å². The van der Waals surface area contributed by atoms with Crippen molar-refractivity contribution in [1.29, 1.82) is 0 Å². The van der Waals surface area contributed by atoms with Gasteiger partial charge in [0.2, 0.25) is 0 Å². The van der Waals surface area contributed by atoms with Gasteiger partial charge in [0.1, 0.15) is 0 Å². The molecule has 1 saturated carbocycles. The molecule has 3 heteroatoms.